The van der Waals surface area contributed by atoms with E-state index in [1.807, 2.05) is 13.1 Å². The van der Waals surface area contributed by atoms with Crippen LogP contribution in [0.25, 0.3) is 0 Å². The van der Waals surface area contributed by atoms with Crippen molar-refractivity contribution >= 4 is 11.6 Å². The summed E-state index contributed by atoms with van der Waals surface area (Å²) in [7, 11) is 0. The van der Waals surface area contributed by atoms with E-state index in [0.29, 0.717) is 10.6 Å². The fraction of sp³-hybridized carbons (Fsp3) is 0.250. The molecule has 0 spiro atoms. The molecule has 0 saturated heterocycles. The number of benzene rings is 1. The zero-order valence-electron chi connectivity index (χ0n) is 9.40. The standard InChI is InChI=1S/C12H13ClFN3/c1-2-17-7-8(6-16-17)12(15)10-5-9(13)3-4-11(10)14/h3-7,12H,2,15H2,1H3. The Hall–Kier alpha value is -1.39. The van der Waals surface area contributed by atoms with Crippen LogP contribution < -0.4 is 5.73 Å². The van der Waals surface area contributed by atoms with Crippen LogP contribution in [0.15, 0.2) is 30.6 Å². The molecule has 0 aliphatic rings. The Balaban J connectivity index is 2.35. The van der Waals surface area contributed by atoms with Gasteiger partial charge in [-0.3, -0.25) is 4.68 Å². The van der Waals surface area contributed by atoms with Gasteiger partial charge >= 0.3 is 0 Å². The SMILES string of the molecule is CCn1cc(C(N)c2cc(Cl)ccc2F)cn1. The Morgan fingerprint density at radius 2 is 2.29 bits per heavy atom. The second kappa shape index (κ2) is 4.85. The molecule has 1 unspecified atom stereocenters. The number of halogens is 2. The van der Waals surface area contributed by atoms with Crippen LogP contribution in [0.1, 0.15) is 24.1 Å². The zero-order valence-corrected chi connectivity index (χ0v) is 10.2. The first-order chi connectivity index (χ1) is 8.11. The van der Waals surface area contributed by atoms with E-state index >= 15 is 0 Å². The van der Waals surface area contributed by atoms with Gasteiger partial charge in [0.15, 0.2) is 0 Å². The minimum atomic E-state index is -0.547. The van der Waals surface area contributed by atoms with Crippen LogP contribution in [0.5, 0.6) is 0 Å². The number of aromatic nitrogens is 2. The van der Waals surface area contributed by atoms with Crippen LogP contribution in [-0.4, -0.2) is 9.78 Å². The lowest BCUT2D eigenvalue weighted by atomic mass is 10.0. The molecular formula is C12H13ClFN3. The molecule has 0 saturated carbocycles. The summed E-state index contributed by atoms with van der Waals surface area (Å²) in [6, 6.07) is 3.82. The molecule has 17 heavy (non-hydrogen) atoms. The number of hydrogen-bond acceptors (Lipinski definition) is 2. The van der Waals surface area contributed by atoms with E-state index in [4.69, 9.17) is 17.3 Å². The van der Waals surface area contributed by atoms with E-state index in [1.54, 1.807) is 16.9 Å². The first-order valence-corrected chi connectivity index (χ1v) is 5.72. The predicted molar refractivity (Wildman–Crippen MR) is 65.3 cm³/mol. The van der Waals surface area contributed by atoms with E-state index in [2.05, 4.69) is 5.10 Å². The summed E-state index contributed by atoms with van der Waals surface area (Å²) in [5, 5.41) is 4.59. The van der Waals surface area contributed by atoms with Crippen molar-refractivity contribution in [1.82, 2.24) is 9.78 Å². The molecule has 2 rings (SSSR count). The summed E-state index contributed by atoms with van der Waals surface area (Å²) in [6.07, 6.45) is 3.46. The Labute approximate surface area is 104 Å². The van der Waals surface area contributed by atoms with Crippen molar-refractivity contribution in [1.29, 1.82) is 0 Å². The van der Waals surface area contributed by atoms with Crippen LogP contribution in [-0.2, 0) is 6.54 Å². The number of aryl methyl sites for hydroxylation is 1. The molecule has 0 aliphatic heterocycles. The van der Waals surface area contributed by atoms with Gasteiger partial charge in [-0.25, -0.2) is 4.39 Å². The maximum atomic E-state index is 13.6. The fourth-order valence-corrected chi connectivity index (χ4v) is 1.83. The van der Waals surface area contributed by atoms with Gasteiger partial charge in [0.2, 0.25) is 0 Å². The summed E-state index contributed by atoms with van der Waals surface area (Å²) in [4.78, 5) is 0. The number of nitrogens with two attached hydrogens (primary N) is 1. The Morgan fingerprint density at radius 1 is 1.53 bits per heavy atom. The predicted octanol–water partition coefficient (Wildman–Crippen LogP) is 2.74. The molecule has 1 aromatic heterocycles. The normalized spacial score (nSPS) is 12.7. The molecule has 2 N–H and O–H groups in total. The van der Waals surface area contributed by atoms with E-state index in [0.717, 1.165) is 12.1 Å². The van der Waals surface area contributed by atoms with Crippen LogP contribution in [0.4, 0.5) is 4.39 Å². The second-order valence-electron chi connectivity index (χ2n) is 3.77. The fourth-order valence-electron chi connectivity index (χ4n) is 1.65. The lowest BCUT2D eigenvalue weighted by Crippen LogP contribution is -2.13. The maximum Gasteiger partial charge on any atom is 0.128 e. The molecule has 0 fully saturated rings. The summed E-state index contributed by atoms with van der Waals surface area (Å²) in [6.45, 7) is 2.73. The molecule has 1 heterocycles. The molecule has 0 amide bonds. The van der Waals surface area contributed by atoms with Crippen LogP contribution in [0, 0.1) is 5.82 Å². The van der Waals surface area contributed by atoms with Gasteiger partial charge in [0.05, 0.1) is 12.2 Å². The van der Waals surface area contributed by atoms with Crippen molar-refractivity contribution in [3.05, 3.63) is 52.6 Å². The molecule has 0 bridgehead atoms. The molecule has 5 heteroatoms. The zero-order chi connectivity index (χ0) is 12.4. The Morgan fingerprint density at radius 3 is 2.94 bits per heavy atom. The lowest BCUT2D eigenvalue weighted by molar-refractivity contribution is 0.599. The summed E-state index contributed by atoms with van der Waals surface area (Å²) >= 11 is 5.84. The van der Waals surface area contributed by atoms with Crippen molar-refractivity contribution in [3.8, 4) is 0 Å². The van der Waals surface area contributed by atoms with Crippen molar-refractivity contribution in [2.24, 2.45) is 5.73 Å². The van der Waals surface area contributed by atoms with Gasteiger partial charge in [0.25, 0.3) is 0 Å². The molecule has 3 nitrogen and oxygen atoms in total. The van der Waals surface area contributed by atoms with Gasteiger partial charge in [0.1, 0.15) is 5.82 Å². The largest absolute Gasteiger partial charge is 0.320 e. The number of rotatable bonds is 3. The molecule has 0 radical (unpaired) electrons. The minimum Gasteiger partial charge on any atom is -0.320 e. The third-order valence-corrected chi connectivity index (χ3v) is 2.86. The smallest absolute Gasteiger partial charge is 0.128 e. The van der Waals surface area contributed by atoms with Crippen molar-refractivity contribution in [2.45, 2.75) is 19.5 Å². The van der Waals surface area contributed by atoms with Gasteiger partial charge in [-0.1, -0.05) is 11.6 Å². The highest BCUT2D eigenvalue weighted by Crippen LogP contribution is 2.24. The third-order valence-electron chi connectivity index (χ3n) is 2.63. The first kappa shape index (κ1) is 12.1. The number of nitrogens with zero attached hydrogens (tertiary/aromatic N) is 2. The molecule has 1 atom stereocenters. The minimum absolute atomic E-state index is 0.355. The van der Waals surface area contributed by atoms with Gasteiger partial charge in [-0.2, -0.15) is 5.10 Å². The van der Waals surface area contributed by atoms with E-state index in [9.17, 15) is 4.39 Å². The van der Waals surface area contributed by atoms with Crippen molar-refractivity contribution in [3.63, 3.8) is 0 Å². The number of hydrogen-bond donors (Lipinski definition) is 1. The molecule has 0 aliphatic carbocycles. The highest BCUT2D eigenvalue weighted by molar-refractivity contribution is 6.30. The topological polar surface area (TPSA) is 43.8 Å². The summed E-state index contributed by atoms with van der Waals surface area (Å²) in [5.74, 6) is -0.355. The van der Waals surface area contributed by atoms with Crippen LogP contribution in [0.2, 0.25) is 5.02 Å². The second-order valence-corrected chi connectivity index (χ2v) is 4.21. The maximum absolute atomic E-state index is 13.6. The van der Waals surface area contributed by atoms with Gasteiger partial charge in [-0.05, 0) is 25.1 Å². The molecule has 90 valence electrons. The highest BCUT2D eigenvalue weighted by atomic mass is 35.5. The molecular weight excluding hydrogens is 241 g/mol. The first-order valence-electron chi connectivity index (χ1n) is 5.34. The molecule has 2 aromatic rings. The van der Waals surface area contributed by atoms with Crippen molar-refractivity contribution in [2.75, 3.05) is 0 Å². The molecule has 1 aromatic carbocycles. The van der Waals surface area contributed by atoms with Gasteiger partial charge < -0.3 is 5.73 Å². The average Bonchev–Trinajstić information content (AvgIpc) is 2.80. The van der Waals surface area contributed by atoms with E-state index in [1.165, 1.54) is 12.1 Å². The Bertz CT molecular complexity index is 524. The average molecular weight is 254 g/mol. The van der Waals surface area contributed by atoms with Crippen LogP contribution in [0.3, 0.4) is 0 Å². The summed E-state index contributed by atoms with van der Waals surface area (Å²) < 4.78 is 15.4. The van der Waals surface area contributed by atoms with Crippen LogP contribution >= 0.6 is 11.6 Å². The monoisotopic (exact) mass is 253 g/mol. The summed E-state index contributed by atoms with van der Waals surface area (Å²) in [5.41, 5.74) is 7.16. The third kappa shape index (κ3) is 2.48. The highest BCUT2D eigenvalue weighted by Gasteiger charge is 2.15. The van der Waals surface area contributed by atoms with Gasteiger partial charge in [0, 0.05) is 28.9 Å². The van der Waals surface area contributed by atoms with Crippen molar-refractivity contribution < 1.29 is 4.39 Å². The van der Waals surface area contributed by atoms with Gasteiger partial charge in [-0.15, -0.1) is 0 Å². The van der Waals surface area contributed by atoms with E-state index in [-0.39, 0.29) is 5.82 Å². The van der Waals surface area contributed by atoms with E-state index < -0.39 is 6.04 Å². The Kier molecular flexibility index (Phi) is 3.45. The quantitative estimate of drug-likeness (QED) is 0.914. The lowest BCUT2D eigenvalue weighted by Gasteiger charge is -2.11.